The van der Waals surface area contributed by atoms with Crippen LogP contribution in [0.25, 0.3) is 0 Å². The van der Waals surface area contributed by atoms with Crippen LogP contribution in [0.5, 0.6) is 0 Å². The molecule has 1 aromatic carbocycles. The summed E-state index contributed by atoms with van der Waals surface area (Å²) >= 11 is 0. The quantitative estimate of drug-likeness (QED) is 0.755. The van der Waals surface area contributed by atoms with Crippen LogP contribution in [0.15, 0.2) is 24.3 Å². The fraction of sp³-hybridized carbons (Fsp3) is 0.667. The maximum Gasteiger partial charge on any atom is 0.0827 e. The van der Waals surface area contributed by atoms with Crippen molar-refractivity contribution < 1.29 is 10.2 Å². The van der Waals surface area contributed by atoms with E-state index in [0.717, 1.165) is 44.1 Å². The molecule has 0 unspecified atom stereocenters. The van der Waals surface area contributed by atoms with Crippen LogP contribution in [0, 0.1) is 5.92 Å². The molecule has 1 saturated carbocycles. The zero-order chi connectivity index (χ0) is 15.3. The molecule has 1 aliphatic carbocycles. The van der Waals surface area contributed by atoms with Gasteiger partial charge in [-0.1, -0.05) is 50.5 Å². The Morgan fingerprint density at radius 3 is 2.62 bits per heavy atom. The van der Waals surface area contributed by atoms with Gasteiger partial charge in [0.05, 0.1) is 11.7 Å². The van der Waals surface area contributed by atoms with Gasteiger partial charge in [0.2, 0.25) is 0 Å². The normalized spacial score (nSPS) is 21.0. The molecule has 2 atom stereocenters. The van der Waals surface area contributed by atoms with Gasteiger partial charge in [-0.25, -0.2) is 0 Å². The Morgan fingerprint density at radius 2 is 1.95 bits per heavy atom. The molecule has 0 saturated heterocycles. The lowest BCUT2D eigenvalue weighted by Gasteiger charge is -2.32. The highest BCUT2D eigenvalue weighted by atomic mass is 16.3. The SMILES string of the molecule is C[C@H](CN)[C@@H](O)c1cccc(CCC2(O)CCCCC2)c1. The summed E-state index contributed by atoms with van der Waals surface area (Å²) in [7, 11) is 0. The summed E-state index contributed by atoms with van der Waals surface area (Å²) in [6.07, 6.45) is 6.58. The van der Waals surface area contributed by atoms with Crippen LogP contribution in [0.3, 0.4) is 0 Å². The molecule has 118 valence electrons. The average molecular weight is 291 g/mol. The Balaban J connectivity index is 1.97. The number of rotatable bonds is 6. The van der Waals surface area contributed by atoms with Gasteiger partial charge >= 0.3 is 0 Å². The van der Waals surface area contributed by atoms with Gasteiger partial charge in [0, 0.05) is 0 Å². The van der Waals surface area contributed by atoms with E-state index in [2.05, 4.69) is 12.1 Å². The molecule has 3 heteroatoms. The number of nitrogens with two attached hydrogens (primary N) is 1. The van der Waals surface area contributed by atoms with Crippen LogP contribution < -0.4 is 5.73 Å². The van der Waals surface area contributed by atoms with Crippen molar-refractivity contribution in [1.29, 1.82) is 0 Å². The smallest absolute Gasteiger partial charge is 0.0827 e. The Morgan fingerprint density at radius 1 is 1.24 bits per heavy atom. The van der Waals surface area contributed by atoms with E-state index >= 15 is 0 Å². The van der Waals surface area contributed by atoms with Crippen molar-refractivity contribution >= 4 is 0 Å². The number of aliphatic hydroxyl groups excluding tert-OH is 1. The van der Waals surface area contributed by atoms with Crippen LogP contribution in [0.2, 0.25) is 0 Å². The van der Waals surface area contributed by atoms with Gasteiger partial charge < -0.3 is 15.9 Å². The lowest BCUT2D eigenvalue weighted by atomic mass is 9.81. The molecule has 0 bridgehead atoms. The molecule has 0 heterocycles. The molecular formula is C18H29NO2. The molecule has 1 aliphatic rings. The van der Waals surface area contributed by atoms with Crippen molar-refractivity contribution in [2.45, 2.75) is 63.6 Å². The van der Waals surface area contributed by atoms with Crippen molar-refractivity contribution in [2.75, 3.05) is 6.54 Å². The summed E-state index contributed by atoms with van der Waals surface area (Å²) in [5, 5.41) is 20.8. The van der Waals surface area contributed by atoms with Gasteiger partial charge in [0.25, 0.3) is 0 Å². The predicted octanol–water partition coefficient (Wildman–Crippen LogP) is 2.94. The monoisotopic (exact) mass is 291 g/mol. The predicted molar refractivity (Wildman–Crippen MR) is 86.0 cm³/mol. The Hall–Kier alpha value is -0.900. The van der Waals surface area contributed by atoms with Crippen molar-refractivity contribution in [3.63, 3.8) is 0 Å². The number of hydrogen-bond donors (Lipinski definition) is 3. The van der Waals surface area contributed by atoms with Gasteiger partial charge in [-0.05, 0) is 49.3 Å². The Kier molecular flexibility index (Phi) is 5.80. The second-order valence-electron chi connectivity index (χ2n) is 6.69. The largest absolute Gasteiger partial charge is 0.390 e. The van der Waals surface area contributed by atoms with Gasteiger partial charge in [-0.15, -0.1) is 0 Å². The molecule has 0 aromatic heterocycles. The first kappa shape index (κ1) is 16.5. The van der Waals surface area contributed by atoms with Gasteiger partial charge in [0.15, 0.2) is 0 Å². The van der Waals surface area contributed by atoms with E-state index in [-0.39, 0.29) is 5.92 Å². The third-order valence-electron chi connectivity index (χ3n) is 4.87. The first-order chi connectivity index (χ1) is 10.0. The zero-order valence-electron chi connectivity index (χ0n) is 13.1. The van der Waals surface area contributed by atoms with Crippen LogP contribution in [0.1, 0.15) is 62.7 Å². The maximum absolute atomic E-state index is 10.6. The van der Waals surface area contributed by atoms with Crippen molar-refractivity contribution in [2.24, 2.45) is 11.7 Å². The van der Waals surface area contributed by atoms with E-state index in [4.69, 9.17) is 5.73 Å². The number of benzene rings is 1. The number of aliphatic hydroxyl groups is 2. The standard InChI is InChI=1S/C18H29NO2/c1-14(13-19)17(20)16-7-5-6-15(12-16)8-11-18(21)9-3-2-4-10-18/h5-7,12,14,17,20-21H,2-4,8-11,13,19H2,1H3/t14-,17-/m1/s1. The van der Waals surface area contributed by atoms with E-state index < -0.39 is 11.7 Å². The minimum absolute atomic E-state index is 0.0581. The summed E-state index contributed by atoms with van der Waals surface area (Å²) < 4.78 is 0. The third-order valence-corrected chi connectivity index (χ3v) is 4.87. The lowest BCUT2D eigenvalue weighted by molar-refractivity contribution is -0.00342. The van der Waals surface area contributed by atoms with Crippen LogP contribution in [0.4, 0.5) is 0 Å². The van der Waals surface area contributed by atoms with E-state index in [1.165, 1.54) is 12.0 Å². The molecule has 21 heavy (non-hydrogen) atoms. The minimum atomic E-state index is -0.507. The summed E-state index contributed by atoms with van der Waals surface area (Å²) in [5.74, 6) is 0.0581. The highest BCUT2D eigenvalue weighted by molar-refractivity contribution is 5.26. The van der Waals surface area contributed by atoms with Crippen molar-refractivity contribution in [3.05, 3.63) is 35.4 Å². The minimum Gasteiger partial charge on any atom is -0.390 e. The van der Waals surface area contributed by atoms with E-state index in [1.54, 1.807) is 0 Å². The zero-order valence-corrected chi connectivity index (χ0v) is 13.1. The fourth-order valence-electron chi connectivity index (χ4n) is 3.23. The van der Waals surface area contributed by atoms with Crippen molar-refractivity contribution in [3.8, 4) is 0 Å². The Labute approximate surface area is 128 Å². The third kappa shape index (κ3) is 4.53. The van der Waals surface area contributed by atoms with Crippen LogP contribution in [-0.4, -0.2) is 22.4 Å². The molecule has 0 radical (unpaired) electrons. The molecule has 0 spiro atoms. The highest BCUT2D eigenvalue weighted by Crippen LogP contribution is 2.32. The maximum atomic E-state index is 10.6. The number of hydrogen-bond acceptors (Lipinski definition) is 3. The average Bonchev–Trinajstić information content (AvgIpc) is 2.52. The van der Waals surface area contributed by atoms with E-state index in [0.29, 0.717) is 6.54 Å². The van der Waals surface area contributed by atoms with E-state index in [9.17, 15) is 10.2 Å². The van der Waals surface area contributed by atoms with Crippen molar-refractivity contribution in [1.82, 2.24) is 0 Å². The number of aryl methyl sites for hydroxylation is 1. The molecular weight excluding hydrogens is 262 g/mol. The van der Waals surface area contributed by atoms with E-state index in [1.807, 2.05) is 19.1 Å². The Bertz CT molecular complexity index is 441. The van der Waals surface area contributed by atoms with Gasteiger partial charge in [-0.3, -0.25) is 0 Å². The van der Waals surface area contributed by atoms with Gasteiger partial charge in [0.1, 0.15) is 0 Å². The van der Waals surface area contributed by atoms with Gasteiger partial charge in [-0.2, -0.15) is 0 Å². The topological polar surface area (TPSA) is 66.5 Å². The first-order valence-corrected chi connectivity index (χ1v) is 8.23. The molecule has 1 aromatic rings. The molecule has 4 N–H and O–H groups in total. The molecule has 0 amide bonds. The molecule has 3 nitrogen and oxygen atoms in total. The molecule has 1 fully saturated rings. The second-order valence-corrected chi connectivity index (χ2v) is 6.69. The lowest BCUT2D eigenvalue weighted by Crippen LogP contribution is -2.31. The summed E-state index contributed by atoms with van der Waals surface area (Å²) in [4.78, 5) is 0. The van der Waals surface area contributed by atoms with Crippen LogP contribution >= 0.6 is 0 Å². The second kappa shape index (κ2) is 7.39. The molecule has 0 aliphatic heterocycles. The first-order valence-electron chi connectivity index (χ1n) is 8.23. The fourth-order valence-corrected chi connectivity index (χ4v) is 3.23. The van der Waals surface area contributed by atoms with Crippen LogP contribution in [-0.2, 0) is 6.42 Å². The summed E-state index contributed by atoms with van der Waals surface area (Å²) in [6, 6.07) is 8.08. The highest BCUT2D eigenvalue weighted by Gasteiger charge is 2.28. The summed E-state index contributed by atoms with van der Waals surface area (Å²) in [5.41, 5.74) is 7.28. The summed E-state index contributed by atoms with van der Waals surface area (Å²) in [6.45, 7) is 2.44. The molecule has 2 rings (SSSR count).